The maximum atomic E-state index is 13.0. The van der Waals surface area contributed by atoms with Gasteiger partial charge in [0.25, 0.3) is 5.95 Å². The van der Waals surface area contributed by atoms with Crippen molar-refractivity contribution in [3.05, 3.63) is 23.6 Å². The number of hydrogen-bond donors (Lipinski definition) is 1. The van der Waals surface area contributed by atoms with Crippen LogP contribution < -0.4 is 5.32 Å². The first-order valence-electron chi connectivity index (χ1n) is 4.41. The van der Waals surface area contributed by atoms with Crippen molar-refractivity contribution in [3.63, 3.8) is 0 Å². The molecule has 0 fully saturated rings. The molecule has 1 aromatic heterocycles. The zero-order valence-electron chi connectivity index (χ0n) is 8.52. The Kier molecular flexibility index (Phi) is 3.90. The van der Waals surface area contributed by atoms with Crippen LogP contribution in [-0.2, 0) is 0 Å². The van der Waals surface area contributed by atoms with E-state index in [0.29, 0.717) is 19.2 Å². The van der Waals surface area contributed by atoms with Gasteiger partial charge in [-0.3, -0.25) is 0 Å². The first-order valence-corrected chi connectivity index (χ1v) is 4.41. The minimum absolute atomic E-state index is 0.268. The molecule has 84 valence electrons. The van der Waals surface area contributed by atoms with Crippen LogP contribution in [0.15, 0.2) is 6.07 Å². The highest BCUT2D eigenvalue weighted by molar-refractivity contribution is 5.36. The van der Waals surface area contributed by atoms with Gasteiger partial charge in [0.1, 0.15) is 0 Å². The Hall–Kier alpha value is -1.30. The lowest BCUT2D eigenvalue weighted by Crippen LogP contribution is -2.21. The van der Waals surface area contributed by atoms with Crippen molar-refractivity contribution in [3.8, 4) is 0 Å². The fourth-order valence-electron chi connectivity index (χ4n) is 0.966. The van der Waals surface area contributed by atoms with Gasteiger partial charge in [-0.25, -0.2) is 8.78 Å². The van der Waals surface area contributed by atoms with Gasteiger partial charge in [0.2, 0.25) is 0 Å². The summed E-state index contributed by atoms with van der Waals surface area (Å²) in [6.07, 6.45) is 0. The predicted molar refractivity (Wildman–Crippen MR) is 51.2 cm³/mol. The average Bonchev–Trinajstić information content (AvgIpc) is 2.13. The number of likely N-dealkylation sites (N-methyl/N-ethyl adjacent to an activating group) is 1. The third-order valence-electron chi connectivity index (χ3n) is 1.74. The molecule has 0 bridgehead atoms. The molecule has 1 aromatic rings. The van der Waals surface area contributed by atoms with E-state index in [-0.39, 0.29) is 5.82 Å². The van der Waals surface area contributed by atoms with Gasteiger partial charge in [-0.1, -0.05) is 0 Å². The normalized spacial score (nSPS) is 10.8. The monoisotopic (exact) mass is 219 g/mol. The molecule has 0 saturated heterocycles. The van der Waals surface area contributed by atoms with Gasteiger partial charge >= 0.3 is 0 Å². The zero-order valence-corrected chi connectivity index (χ0v) is 8.52. The smallest absolute Gasteiger partial charge is 0.251 e. The van der Waals surface area contributed by atoms with Crippen molar-refractivity contribution in [2.24, 2.45) is 0 Å². The number of halogens is 3. The average molecular weight is 219 g/mol. The number of nitrogens with zero attached hydrogens (tertiary/aromatic N) is 2. The number of pyridine rings is 1. The van der Waals surface area contributed by atoms with E-state index < -0.39 is 17.6 Å². The number of nitrogens with one attached hydrogen (secondary N) is 1. The van der Waals surface area contributed by atoms with Crippen LogP contribution in [0.2, 0.25) is 0 Å². The molecule has 3 nitrogen and oxygen atoms in total. The van der Waals surface area contributed by atoms with Crippen molar-refractivity contribution >= 4 is 5.82 Å². The molecule has 6 heteroatoms. The van der Waals surface area contributed by atoms with Crippen molar-refractivity contribution < 1.29 is 13.2 Å². The molecule has 0 unspecified atom stereocenters. The second kappa shape index (κ2) is 4.97. The van der Waals surface area contributed by atoms with E-state index in [1.54, 1.807) is 0 Å². The van der Waals surface area contributed by atoms with Gasteiger partial charge in [-0.05, 0) is 14.1 Å². The van der Waals surface area contributed by atoms with Gasteiger partial charge in [0, 0.05) is 19.2 Å². The van der Waals surface area contributed by atoms with Crippen LogP contribution in [0.1, 0.15) is 0 Å². The van der Waals surface area contributed by atoms with Gasteiger partial charge in [0.15, 0.2) is 17.5 Å². The molecule has 1 rings (SSSR count). The van der Waals surface area contributed by atoms with Crippen LogP contribution in [0.25, 0.3) is 0 Å². The van der Waals surface area contributed by atoms with Gasteiger partial charge in [-0.2, -0.15) is 9.37 Å². The SMILES string of the molecule is CN(C)CCNc1nc(F)c(F)cc1F. The highest BCUT2D eigenvalue weighted by atomic mass is 19.2. The second-order valence-electron chi connectivity index (χ2n) is 3.32. The van der Waals surface area contributed by atoms with Crippen LogP contribution in [0.5, 0.6) is 0 Å². The summed E-state index contributed by atoms with van der Waals surface area (Å²) in [5.41, 5.74) is 0. The minimum Gasteiger partial charge on any atom is -0.366 e. The van der Waals surface area contributed by atoms with Crippen LogP contribution >= 0.6 is 0 Å². The van der Waals surface area contributed by atoms with E-state index >= 15 is 0 Å². The van der Waals surface area contributed by atoms with Crippen LogP contribution in [0.3, 0.4) is 0 Å². The molecule has 0 aromatic carbocycles. The quantitative estimate of drug-likeness (QED) is 0.777. The highest BCUT2D eigenvalue weighted by Gasteiger charge is 2.10. The van der Waals surface area contributed by atoms with Gasteiger partial charge < -0.3 is 10.2 Å². The van der Waals surface area contributed by atoms with E-state index in [0.717, 1.165) is 0 Å². The minimum atomic E-state index is -1.30. The summed E-state index contributed by atoms with van der Waals surface area (Å²) in [5, 5.41) is 2.58. The maximum absolute atomic E-state index is 13.0. The Morgan fingerprint density at radius 2 is 1.93 bits per heavy atom. The summed E-state index contributed by atoms with van der Waals surface area (Å²) >= 11 is 0. The van der Waals surface area contributed by atoms with E-state index in [4.69, 9.17) is 0 Å². The molecule has 0 amide bonds. The molecular formula is C9H12F3N3. The summed E-state index contributed by atoms with van der Waals surface area (Å²) in [7, 11) is 3.69. The van der Waals surface area contributed by atoms with E-state index in [9.17, 15) is 13.2 Å². The molecule has 0 aliphatic carbocycles. The molecule has 1 N–H and O–H groups in total. The first kappa shape index (κ1) is 11.8. The van der Waals surface area contributed by atoms with E-state index in [1.165, 1.54) is 0 Å². The number of hydrogen-bond acceptors (Lipinski definition) is 3. The largest absolute Gasteiger partial charge is 0.366 e. The summed E-state index contributed by atoms with van der Waals surface area (Å²) < 4.78 is 38.1. The van der Waals surface area contributed by atoms with Crippen molar-refractivity contribution in [2.75, 3.05) is 32.5 Å². The molecule has 1 heterocycles. The number of anilines is 1. The first-order chi connectivity index (χ1) is 7.00. The fraction of sp³-hybridized carbons (Fsp3) is 0.444. The van der Waals surface area contributed by atoms with Crippen LogP contribution in [-0.4, -0.2) is 37.1 Å². The Morgan fingerprint density at radius 1 is 1.27 bits per heavy atom. The Bertz CT molecular complexity index is 342. The maximum Gasteiger partial charge on any atom is 0.251 e. The van der Waals surface area contributed by atoms with E-state index in [2.05, 4.69) is 10.3 Å². The Labute approximate surface area is 85.9 Å². The molecule has 0 aliphatic heterocycles. The molecule has 15 heavy (non-hydrogen) atoms. The fourth-order valence-corrected chi connectivity index (χ4v) is 0.966. The molecule has 0 radical (unpaired) electrons. The summed E-state index contributed by atoms with van der Waals surface area (Å²) in [6, 6.07) is 0.473. The van der Waals surface area contributed by atoms with Crippen LogP contribution in [0.4, 0.5) is 19.0 Å². The molecular weight excluding hydrogens is 207 g/mol. The molecule has 0 saturated carbocycles. The highest BCUT2D eigenvalue weighted by Crippen LogP contribution is 2.13. The van der Waals surface area contributed by atoms with E-state index in [1.807, 2.05) is 19.0 Å². The standard InChI is InChI=1S/C9H12F3N3/c1-15(2)4-3-13-9-7(11)5-6(10)8(12)14-9/h5H,3-4H2,1-2H3,(H,13,14). The Morgan fingerprint density at radius 3 is 2.53 bits per heavy atom. The molecule has 0 aliphatic rings. The zero-order chi connectivity index (χ0) is 11.4. The summed E-state index contributed by atoms with van der Waals surface area (Å²) in [5.74, 6) is -3.75. The molecule has 0 spiro atoms. The third kappa shape index (κ3) is 3.39. The molecule has 0 atom stereocenters. The van der Waals surface area contributed by atoms with Gasteiger partial charge in [0.05, 0.1) is 0 Å². The lowest BCUT2D eigenvalue weighted by Gasteiger charge is -2.11. The Balaban J connectivity index is 2.65. The second-order valence-corrected chi connectivity index (χ2v) is 3.32. The van der Waals surface area contributed by atoms with Crippen molar-refractivity contribution in [2.45, 2.75) is 0 Å². The lowest BCUT2D eigenvalue weighted by atomic mass is 10.4. The lowest BCUT2D eigenvalue weighted by molar-refractivity contribution is 0.423. The number of aromatic nitrogens is 1. The number of rotatable bonds is 4. The van der Waals surface area contributed by atoms with Crippen molar-refractivity contribution in [1.29, 1.82) is 0 Å². The third-order valence-corrected chi connectivity index (χ3v) is 1.74. The summed E-state index contributed by atoms with van der Waals surface area (Å²) in [6.45, 7) is 1.04. The van der Waals surface area contributed by atoms with Crippen molar-refractivity contribution in [1.82, 2.24) is 9.88 Å². The predicted octanol–water partition coefficient (Wildman–Crippen LogP) is 1.47. The van der Waals surface area contributed by atoms with Gasteiger partial charge in [-0.15, -0.1) is 0 Å². The summed E-state index contributed by atoms with van der Waals surface area (Å²) in [4.78, 5) is 4.99. The van der Waals surface area contributed by atoms with Crippen LogP contribution in [0, 0.1) is 17.6 Å². The topological polar surface area (TPSA) is 28.2 Å².